The number of benzene rings is 2. The second kappa shape index (κ2) is 5.52. The Kier molecular flexibility index (Phi) is 3.99. The van der Waals surface area contributed by atoms with Crippen molar-refractivity contribution in [2.24, 2.45) is 0 Å². The van der Waals surface area contributed by atoms with Crippen molar-refractivity contribution in [2.75, 3.05) is 5.32 Å². The highest BCUT2D eigenvalue weighted by Gasteiger charge is 2.11. The monoisotopic (exact) mass is 331 g/mol. The van der Waals surface area contributed by atoms with Crippen LogP contribution in [0, 0.1) is 17.5 Å². The molecule has 0 aliphatic rings. The molecule has 0 atom stereocenters. The maximum absolute atomic E-state index is 13.4. The molecule has 0 unspecified atom stereocenters. The number of aromatic hydroxyl groups is 1. The number of hydrogen-bond acceptors (Lipinski definition) is 2. The van der Waals surface area contributed by atoms with E-state index in [4.69, 9.17) is 0 Å². The average molecular weight is 332 g/mol. The van der Waals surface area contributed by atoms with Crippen molar-refractivity contribution in [3.05, 3.63) is 57.8 Å². The first-order chi connectivity index (χ1) is 8.97. The lowest BCUT2D eigenvalue weighted by Gasteiger charge is -2.09. The van der Waals surface area contributed by atoms with E-state index in [2.05, 4.69) is 21.2 Å². The molecule has 2 rings (SSSR count). The van der Waals surface area contributed by atoms with Gasteiger partial charge < -0.3 is 10.4 Å². The molecule has 6 heteroatoms. The van der Waals surface area contributed by atoms with Crippen LogP contribution in [-0.2, 0) is 6.54 Å². The number of phenolic OH excluding ortho intramolecular Hbond substituents is 1. The van der Waals surface area contributed by atoms with Gasteiger partial charge in [0.1, 0.15) is 17.3 Å². The third-order valence-electron chi connectivity index (χ3n) is 2.49. The highest BCUT2D eigenvalue weighted by Crippen LogP contribution is 2.25. The van der Waals surface area contributed by atoms with Crippen LogP contribution < -0.4 is 5.32 Å². The molecule has 0 fully saturated rings. The maximum Gasteiger partial charge on any atom is 0.152 e. The van der Waals surface area contributed by atoms with Crippen molar-refractivity contribution < 1.29 is 18.3 Å². The summed E-state index contributed by atoms with van der Waals surface area (Å²) in [6, 6.07) is 5.89. The zero-order valence-corrected chi connectivity index (χ0v) is 11.1. The lowest BCUT2D eigenvalue weighted by atomic mass is 10.2. The summed E-state index contributed by atoms with van der Waals surface area (Å²) >= 11 is 3.14. The molecule has 0 bridgehead atoms. The zero-order valence-electron chi connectivity index (χ0n) is 9.55. The van der Waals surface area contributed by atoms with Crippen molar-refractivity contribution >= 4 is 21.6 Å². The molecular formula is C13H9BrF3NO. The zero-order chi connectivity index (χ0) is 14.0. The summed E-state index contributed by atoms with van der Waals surface area (Å²) in [7, 11) is 0. The Hall–Kier alpha value is -1.69. The molecule has 0 radical (unpaired) electrons. The van der Waals surface area contributed by atoms with Crippen LogP contribution in [0.15, 0.2) is 34.8 Å². The van der Waals surface area contributed by atoms with Crippen LogP contribution >= 0.6 is 15.9 Å². The molecule has 0 heterocycles. The summed E-state index contributed by atoms with van der Waals surface area (Å²) in [6.07, 6.45) is 0. The van der Waals surface area contributed by atoms with Gasteiger partial charge in [-0.15, -0.1) is 0 Å². The van der Waals surface area contributed by atoms with E-state index in [0.29, 0.717) is 22.2 Å². The van der Waals surface area contributed by atoms with Gasteiger partial charge in [0, 0.05) is 18.7 Å². The third-order valence-corrected chi connectivity index (χ3v) is 3.12. The fourth-order valence-electron chi connectivity index (χ4n) is 1.56. The van der Waals surface area contributed by atoms with E-state index in [-0.39, 0.29) is 18.0 Å². The van der Waals surface area contributed by atoms with E-state index in [9.17, 15) is 18.3 Å². The molecule has 0 saturated carbocycles. The average Bonchev–Trinajstić information content (AvgIpc) is 2.32. The molecule has 0 spiro atoms. The number of anilines is 1. The van der Waals surface area contributed by atoms with Gasteiger partial charge in [0.2, 0.25) is 0 Å². The van der Waals surface area contributed by atoms with Gasteiger partial charge in [-0.25, -0.2) is 13.2 Å². The van der Waals surface area contributed by atoms with Crippen LogP contribution in [0.25, 0.3) is 0 Å². The Balaban J connectivity index is 2.16. The van der Waals surface area contributed by atoms with Gasteiger partial charge in [0.25, 0.3) is 0 Å². The Morgan fingerprint density at radius 2 is 1.68 bits per heavy atom. The smallest absolute Gasteiger partial charge is 0.152 e. The predicted molar refractivity (Wildman–Crippen MR) is 69.4 cm³/mol. The Morgan fingerprint density at radius 3 is 2.26 bits per heavy atom. The summed E-state index contributed by atoms with van der Waals surface area (Å²) in [5.41, 5.74) is 0.318. The molecule has 0 aliphatic heterocycles. The van der Waals surface area contributed by atoms with E-state index in [1.165, 1.54) is 6.07 Å². The molecule has 100 valence electrons. The topological polar surface area (TPSA) is 32.3 Å². The van der Waals surface area contributed by atoms with Crippen molar-refractivity contribution in [3.8, 4) is 5.75 Å². The lowest BCUT2D eigenvalue weighted by Crippen LogP contribution is -2.04. The minimum Gasteiger partial charge on any atom is -0.507 e. The fraction of sp³-hybridized carbons (Fsp3) is 0.0769. The van der Waals surface area contributed by atoms with E-state index in [1.54, 1.807) is 12.1 Å². The Morgan fingerprint density at radius 1 is 1.05 bits per heavy atom. The fourth-order valence-corrected chi connectivity index (χ4v) is 1.99. The first-order valence-corrected chi connectivity index (χ1v) is 6.12. The van der Waals surface area contributed by atoms with E-state index in [0.717, 1.165) is 0 Å². The van der Waals surface area contributed by atoms with Crippen LogP contribution in [0.3, 0.4) is 0 Å². The highest BCUT2D eigenvalue weighted by molar-refractivity contribution is 9.10. The minimum atomic E-state index is -0.990. The minimum absolute atomic E-state index is 0.0721. The molecule has 2 aromatic rings. The maximum atomic E-state index is 13.4. The van der Waals surface area contributed by atoms with Crippen molar-refractivity contribution in [1.82, 2.24) is 0 Å². The standard InChI is InChI=1S/C13H9BrF3NO/c14-9-3-7(1-2-12(9)19)6-18-13-10(16)4-8(15)5-11(13)17/h1-5,18-19H,6H2. The summed E-state index contributed by atoms with van der Waals surface area (Å²) in [6.45, 7) is 0.137. The highest BCUT2D eigenvalue weighted by atomic mass is 79.9. The Bertz CT molecular complexity index is 596. The Labute approximate surface area is 116 Å². The molecular weight excluding hydrogens is 323 g/mol. The predicted octanol–water partition coefficient (Wildman–Crippen LogP) is 4.18. The molecule has 0 aliphatic carbocycles. The number of phenols is 1. The molecule has 0 amide bonds. The molecule has 19 heavy (non-hydrogen) atoms. The second-order valence-electron chi connectivity index (χ2n) is 3.88. The molecule has 0 aromatic heterocycles. The largest absolute Gasteiger partial charge is 0.507 e. The van der Waals surface area contributed by atoms with Crippen LogP contribution in [0.4, 0.5) is 18.9 Å². The van der Waals surface area contributed by atoms with Crippen LogP contribution in [0.1, 0.15) is 5.56 Å². The van der Waals surface area contributed by atoms with Gasteiger partial charge >= 0.3 is 0 Å². The normalized spacial score (nSPS) is 10.5. The summed E-state index contributed by atoms with van der Waals surface area (Å²) in [5.74, 6) is -2.87. The first-order valence-electron chi connectivity index (χ1n) is 5.33. The molecule has 2 N–H and O–H groups in total. The lowest BCUT2D eigenvalue weighted by molar-refractivity contribution is 0.471. The molecule has 2 aromatic carbocycles. The number of hydrogen-bond donors (Lipinski definition) is 2. The second-order valence-corrected chi connectivity index (χ2v) is 4.74. The van der Waals surface area contributed by atoms with Gasteiger partial charge in [-0.3, -0.25) is 0 Å². The van der Waals surface area contributed by atoms with Gasteiger partial charge in [-0.05, 0) is 33.6 Å². The number of rotatable bonds is 3. The van der Waals surface area contributed by atoms with Crippen molar-refractivity contribution in [2.45, 2.75) is 6.54 Å². The van der Waals surface area contributed by atoms with Gasteiger partial charge in [-0.1, -0.05) is 6.07 Å². The van der Waals surface area contributed by atoms with Crippen molar-refractivity contribution in [3.63, 3.8) is 0 Å². The quantitative estimate of drug-likeness (QED) is 0.884. The summed E-state index contributed by atoms with van der Waals surface area (Å²) < 4.78 is 39.9. The van der Waals surface area contributed by atoms with Crippen LogP contribution in [-0.4, -0.2) is 5.11 Å². The van der Waals surface area contributed by atoms with E-state index < -0.39 is 17.5 Å². The first kappa shape index (κ1) is 13.7. The SMILES string of the molecule is Oc1ccc(CNc2c(F)cc(F)cc2F)cc1Br. The van der Waals surface area contributed by atoms with Crippen LogP contribution in [0.5, 0.6) is 5.75 Å². The van der Waals surface area contributed by atoms with Crippen LogP contribution in [0.2, 0.25) is 0 Å². The van der Waals surface area contributed by atoms with Crippen molar-refractivity contribution in [1.29, 1.82) is 0 Å². The molecule has 2 nitrogen and oxygen atoms in total. The molecule has 0 saturated heterocycles. The summed E-state index contributed by atoms with van der Waals surface area (Å²) in [4.78, 5) is 0. The third kappa shape index (κ3) is 3.20. The van der Waals surface area contributed by atoms with E-state index in [1.807, 2.05) is 0 Å². The van der Waals surface area contributed by atoms with Gasteiger partial charge in [0.05, 0.1) is 4.47 Å². The van der Waals surface area contributed by atoms with E-state index >= 15 is 0 Å². The summed E-state index contributed by atoms with van der Waals surface area (Å²) in [5, 5.41) is 11.9. The van der Waals surface area contributed by atoms with Gasteiger partial charge in [0.15, 0.2) is 11.6 Å². The number of nitrogens with one attached hydrogen (secondary N) is 1. The van der Waals surface area contributed by atoms with Gasteiger partial charge in [-0.2, -0.15) is 0 Å². The number of halogens is 4.